The molecule has 0 spiro atoms. The zero-order valence-corrected chi connectivity index (χ0v) is 14.0. The summed E-state index contributed by atoms with van der Waals surface area (Å²) in [5.41, 5.74) is 5.47. The summed E-state index contributed by atoms with van der Waals surface area (Å²) >= 11 is 0. The molecule has 0 atom stereocenters. The molecule has 0 aliphatic rings. The Hall–Kier alpha value is 0.137. The monoisotopic (exact) mass is 258 g/mol. The molecule has 3 N–H and O–H groups in total. The van der Waals surface area contributed by atoms with E-state index in [1.54, 1.807) is 0 Å². The zero-order chi connectivity index (χ0) is 12.6. The summed E-state index contributed by atoms with van der Waals surface area (Å²) in [6.45, 7) is 2.11. The second kappa shape index (κ2) is 16.1. The lowest BCUT2D eigenvalue weighted by molar-refractivity contribution is 0.542. The first-order chi connectivity index (χ1) is 8.41. The summed E-state index contributed by atoms with van der Waals surface area (Å²) in [4.78, 5) is 0. The van der Waals surface area contributed by atoms with E-state index in [0.29, 0.717) is 0 Å². The van der Waals surface area contributed by atoms with E-state index < -0.39 is 0 Å². The van der Waals surface area contributed by atoms with Crippen LogP contribution in [0.4, 0.5) is 0 Å². The van der Waals surface area contributed by atoms with Crippen molar-refractivity contribution in [3.05, 3.63) is 0 Å². The third kappa shape index (κ3) is 16.1. The number of rotatable bonds is 14. The lowest BCUT2D eigenvalue weighted by Crippen LogP contribution is -2.16. The largest absolute Gasteiger partial charge is 0.330 e. The minimum absolute atomic E-state index is 0.870. The van der Waals surface area contributed by atoms with Crippen molar-refractivity contribution in [3.8, 4) is 0 Å². The van der Waals surface area contributed by atoms with Crippen LogP contribution >= 0.6 is 0 Å². The molecular weight excluding hydrogens is 224 g/mol. The highest BCUT2D eigenvalue weighted by Gasteiger charge is 1.93. The van der Waals surface area contributed by atoms with Crippen molar-refractivity contribution in [2.45, 2.75) is 70.6 Å². The van der Waals surface area contributed by atoms with Crippen molar-refractivity contribution in [3.63, 3.8) is 0 Å². The topological polar surface area (TPSA) is 38.0 Å². The van der Waals surface area contributed by atoms with E-state index in [2.05, 4.69) is 5.32 Å². The van der Waals surface area contributed by atoms with Gasteiger partial charge in [0.1, 0.15) is 0 Å². The van der Waals surface area contributed by atoms with E-state index >= 15 is 0 Å². The molecule has 0 unspecified atom stereocenters. The molecule has 0 fully saturated rings. The summed E-state index contributed by atoms with van der Waals surface area (Å²) in [7, 11) is 1.29. The number of nitrogens with one attached hydrogen (secondary N) is 1. The molecule has 0 radical (unpaired) electrons. The Morgan fingerprint density at radius 1 is 0.647 bits per heavy atom. The van der Waals surface area contributed by atoms with Crippen molar-refractivity contribution < 1.29 is 0 Å². The van der Waals surface area contributed by atoms with Crippen molar-refractivity contribution in [2.75, 3.05) is 19.3 Å². The maximum absolute atomic E-state index is 5.47. The van der Waals surface area contributed by atoms with Crippen LogP contribution in [0.15, 0.2) is 0 Å². The normalized spacial score (nSPS) is 11.1. The Balaban J connectivity index is 2.85. The summed E-state index contributed by atoms with van der Waals surface area (Å²) in [5.74, 6) is 0. The standard InChI is InChI=1S/C14H34N2Si/c15-12-10-8-6-4-2-1-3-5-7-9-11-13-16-14-17/h16H,1-15H2,17H3. The average Bonchev–Trinajstić information content (AvgIpc) is 2.35. The van der Waals surface area contributed by atoms with Gasteiger partial charge in [-0.15, -0.1) is 0 Å². The second-order valence-electron chi connectivity index (χ2n) is 5.03. The smallest absolute Gasteiger partial charge is 0.0201 e. The quantitative estimate of drug-likeness (QED) is 0.370. The molecule has 0 amide bonds. The molecule has 3 heteroatoms. The van der Waals surface area contributed by atoms with Gasteiger partial charge in [-0.1, -0.05) is 57.8 Å². The van der Waals surface area contributed by atoms with Gasteiger partial charge in [0.2, 0.25) is 0 Å². The highest BCUT2D eigenvalue weighted by molar-refractivity contribution is 6.08. The van der Waals surface area contributed by atoms with E-state index in [1.807, 2.05) is 0 Å². The Bertz CT molecular complexity index is 117. The molecule has 0 aliphatic heterocycles. The molecule has 104 valence electrons. The number of hydrogen-bond donors (Lipinski definition) is 2. The number of nitrogens with two attached hydrogens (primary N) is 1. The van der Waals surface area contributed by atoms with Gasteiger partial charge in [-0.25, -0.2) is 0 Å². The van der Waals surface area contributed by atoms with Crippen molar-refractivity contribution in [1.82, 2.24) is 5.32 Å². The van der Waals surface area contributed by atoms with Gasteiger partial charge in [-0.05, 0) is 32.1 Å². The predicted molar refractivity (Wildman–Crippen MR) is 82.7 cm³/mol. The van der Waals surface area contributed by atoms with Crippen molar-refractivity contribution in [1.29, 1.82) is 0 Å². The second-order valence-corrected chi connectivity index (χ2v) is 5.74. The molecule has 0 aliphatic carbocycles. The predicted octanol–water partition coefficient (Wildman–Crippen LogP) is 2.15. The van der Waals surface area contributed by atoms with E-state index in [9.17, 15) is 0 Å². The van der Waals surface area contributed by atoms with Crippen LogP contribution in [0, 0.1) is 0 Å². The minimum Gasteiger partial charge on any atom is -0.330 e. The van der Waals surface area contributed by atoms with Gasteiger partial charge in [0.15, 0.2) is 0 Å². The zero-order valence-electron chi connectivity index (χ0n) is 12.0. The molecule has 0 saturated carbocycles. The van der Waals surface area contributed by atoms with Crippen LogP contribution < -0.4 is 11.1 Å². The highest BCUT2D eigenvalue weighted by atomic mass is 28.1. The molecule has 0 bridgehead atoms. The van der Waals surface area contributed by atoms with Gasteiger partial charge in [0.25, 0.3) is 0 Å². The summed E-state index contributed by atoms with van der Waals surface area (Å²) in [6, 6.07) is 0. The highest BCUT2D eigenvalue weighted by Crippen LogP contribution is 2.10. The summed E-state index contributed by atoms with van der Waals surface area (Å²) in [5, 5.41) is 3.44. The number of unbranched alkanes of at least 4 members (excludes halogenated alkanes) is 10. The third-order valence-electron chi connectivity index (χ3n) is 3.31. The molecule has 0 heterocycles. The first-order valence-corrected chi connectivity index (χ1v) is 9.24. The summed E-state index contributed by atoms with van der Waals surface area (Å²) in [6.07, 6.45) is 16.6. The first kappa shape index (κ1) is 17.1. The van der Waals surface area contributed by atoms with Crippen LogP contribution in [0.3, 0.4) is 0 Å². The fourth-order valence-electron chi connectivity index (χ4n) is 2.16. The maximum atomic E-state index is 5.47. The molecule has 17 heavy (non-hydrogen) atoms. The van der Waals surface area contributed by atoms with Gasteiger partial charge < -0.3 is 11.1 Å². The van der Waals surface area contributed by atoms with Gasteiger partial charge in [-0.2, -0.15) is 0 Å². The van der Waals surface area contributed by atoms with E-state index in [-0.39, 0.29) is 0 Å². The lowest BCUT2D eigenvalue weighted by atomic mass is 10.1. The van der Waals surface area contributed by atoms with Crippen LogP contribution in [0.1, 0.15) is 70.6 Å². The van der Waals surface area contributed by atoms with Crippen LogP contribution in [0.2, 0.25) is 0 Å². The van der Waals surface area contributed by atoms with E-state index in [0.717, 1.165) is 6.54 Å². The molecule has 0 aromatic carbocycles. The minimum atomic E-state index is 0.870. The molecule has 0 saturated heterocycles. The fourth-order valence-corrected chi connectivity index (χ4v) is 2.52. The Morgan fingerprint density at radius 2 is 1.06 bits per heavy atom. The average molecular weight is 259 g/mol. The molecule has 0 aromatic heterocycles. The molecule has 0 rings (SSSR count). The third-order valence-corrected chi connectivity index (χ3v) is 3.81. The van der Waals surface area contributed by atoms with Crippen LogP contribution in [-0.2, 0) is 0 Å². The van der Waals surface area contributed by atoms with Gasteiger partial charge in [0.05, 0.1) is 0 Å². The van der Waals surface area contributed by atoms with Gasteiger partial charge in [-0.3, -0.25) is 0 Å². The molecular formula is C14H34N2Si. The fraction of sp³-hybridized carbons (Fsp3) is 1.00. The molecule has 2 nitrogen and oxygen atoms in total. The molecule has 0 aromatic rings. The Kier molecular flexibility index (Phi) is 16.3. The van der Waals surface area contributed by atoms with Gasteiger partial charge in [0, 0.05) is 10.2 Å². The first-order valence-electron chi connectivity index (χ1n) is 7.82. The van der Waals surface area contributed by atoms with Crippen molar-refractivity contribution in [2.24, 2.45) is 5.73 Å². The maximum Gasteiger partial charge on any atom is 0.0201 e. The van der Waals surface area contributed by atoms with Gasteiger partial charge >= 0.3 is 0 Å². The van der Waals surface area contributed by atoms with Crippen LogP contribution in [0.25, 0.3) is 0 Å². The van der Waals surface area contributed by atoms with E-state index in [4.69, 9.17) is 5.73 Å². The lowest BCUT2D eigenvalue weighted by Gasteiger charge is -2.03. The van der Waals surface area contributed by atoms with Crippen LogP contribution in [-0.4, -0.2) is 29.5 Å². The Labute approximate surface area is 112 Å². The van der Waals surface area contributed by atoms with Crippen LogP contribution in [0.5, 0.6) is 0 Å². The summed E-state index contributed by atoms with van der Waals surface area (Å²) < 4.78 is 0. The van der Waals surface area contributed by atoms with Crippen molar-refractivity contribution >= 4 is 10.2 Å². The Morgan fingerprint density at radius 3 is 1.47 bits per heavy atom. The SMILES string of the molecule is NCCCCCCCCCCCCCNC[SiH3]. The van der Waals surface area contributed by atoms with E-state index in [1.165, 1.54) is 93.6 Å². The number of hydrogen-bond acceptors (Lipinski definition) is 2.